The predicted octanol–water partition coefficient (Wildman–Crippen LogP) is -0.700. The van der Waals surface area contributed by atoms with Crippen LogP contribution in [0.2, 0.25) is 0 Å². The summed E-state index contributed by atoms with van der Waals surface area (Å²) in [4.78, 5) is 78.6. The van der Waals surface area contributed by atoms with E-state index in [1.165, 1.54) is 4.57 Å². The minimum Gasteiger partial charge on any atom is -0.756 e. The first-order chi connectivity index (χ1) is 22.6. The molecule has 7 unspecified atom stereocenters. The van der Waals surface area contributed by atoms with Gasteiger partial charge in [-0.05, 0) is 0 Å². The summed E-state index contributed by atoms with van der Waals surface area (Å²) in [6.07, 6.45) is -5.69. The lowest BCUT2D eigenvalue weighted by molar-refractivity contribution is -0.250. The molecule has 4 heterocycles. The number of phosphoric ester groups is 1. The van der Waals surface area contributed by atoms with E-state index in [0.29, 0.717) is 11.3 Å². The number of amides is 1. The number of sulfone groups is 1. The van der Waals surface area contributed by atoms with Crippen LogP contribution in [0.25, 0.3) is 11.2 Å². The molecule has 1 amide bonds. The quantitative estimate of drug-likeness (QED) is 0.0941. The van der Waals surface area contributed by atoms with Crippen LogP contribution in [0, 0.1) is 4.64 Å². The Bertz CT molecular complexity index is 2080. The number of aromatic nitrogens is 4. The zero-order valence-corrected chi connectivity index (χ0v) is 29.7. The zero-order chi connectivity index (χ0) is 36.7. The molecule has 7 atom stereocenters. The number of hydrogen-bond acceptors (Lipinski definition) is 22. The number of carbonyl (C=O) groups excluding carboxylic acids is 2. The van der Waals surface area contributed by atoms with Gasteiger partial charge in [-0.3, -0.25) is 23.6 Å². The molecule has 0 spiro atoms. The molecule has 3 aromatic heterocycles. The summed E-state index contributed by atoms with van der Waals surface area (Å²) in [5.41, 5.74) is 5.42. The van der Waals surface area contributed by atoms with Crippen molar-refractivity contribution in [3.05, 3.63) is 21.2 Å². The van der Waals surface area contributed by atoms with E-state index in [4.69, 9.17) is 37.1 Å². The number of hydrogen-bond donors (Lipinski definition) is 4. The number of methoxy groups -OCH3 is 2. The maximum absolute atomic E-state index is 13.3. The summed E-state index contributed by atoms with van der Waals surface area (Å²) in [5.74, 6) is -1.18. The molecule has 3 aromatic rings. The Labute approximate surface area is 282 Å². The van der Waals surface area contributed by atoms with Gasteiger partial charge in [-0.2, -0.15) is 0 Å². The Morgan fingerprint density at radius 2 is 1.88 bits per heavy atom. The number of nitrogens with zero attached hydrogens (tertiary/aromatic N) is 3. The SMILES string of the molecule is COC(=O)c1scc(S(C)(=O)=O)c1NC(=O)OC1C(OC)C(COP(=O)([O-])OP(=O)([O-])OP(=O)([O-])O)OC1n1cnc2c(=S)nc(N)[nH]c21. The van der Waals surface area contributed by atoms with Gasteiger partial charge in [0, 0.05) is 18.7 Å². The van der Waals surface area contributed by atoms with E-state index >= 15 is 0 Å². The fourth-order valence-corrected chi connectivity index (χ4v) is 9.68. The number of nitrogens with one attached hydrogen (secondary N) is 2. The molecule has 30 heteroatoms. The van der Waals surface area contributed by atoms with Gasteiger partial charge in [0.1, 0.15) is 33.1 Å². The Morgan fingerprint density at radius 3 is 2.47 bits per heavy atom. The maximum atomic E-state index is 13.3. The van der Waals surface area contributed by atoms with Crippen LogP contribution in [-0.4, -0.2) is 90.3 Å². The molecule has 1 aliphatic heterocycles. The third-order valence-corrected chi connectivity index (χ3v) is 12.3. The molecule has 4 rings (SSSR count). The van der Waals surface area contributed by atoms with Crippen molar-refractivity contribution in [1.82, 2.24) is 19.5 Å². The van der Waals surface area contributed by atoms with Gasteiger partial charge in [0.25, 0.3) is 23.5 Å². The van der Waals surface area contributed by atoms with Crippen molar-refractivity contribution in [3.8, 4) is 0 Å². The van der Waals surface area contributed by atoms with Crippen molar-refractivity contribution in [1.29, 1.82) is 0 Å². The average molecular weight is 812 g/mol. The van der Waals surface area contributed by atoms with Gasteiger partial charge < -0.3 is 53.8 Å². The second-order valence-electron chi connectivity index (χ2n) is 9.43. The molecule has 1 aliphatic rings. The minimum absolute atomic E-state index is 0.0476. The van der Waals surface area contributed by atoms with Gasteiger partial charge >= 0.3 is 12.1 Å². The summed E-state index contributed by atoms with van der Waals surface area (Å²) >= 11 is 5.81. The van der Waals surface area contributed by atoms with Crippen LogP contribution in [0.1, 0.15) is 15.9 Å². The van der Waals surface area contributed by atoms with E-state index in [1.54, 1.807) is 0 Å². The first-order valence-corrected chi connectivity index (χ1v) is 20.2. The number of imidazole rings is 1. The van der Waals surface area contributed by atoms with Crippen LogP contribution in [0.15, 0.2) is 16.6 Å². The summed E-state index contributed by atoms with van der Waals surface area (Å²) in [6, 6.07) is 0. The lowest BCUT2D eigenvalue weighted by Crippen LogP contribution is -2.40. The first kappa shape index (κ1) is 39.1. The lowest BCUT2D eigenvalue weighted by Gasteiger charge is -2.33. The van der Waals surface area contributed by atoms with Gasteiger partial charge in [0.2, 0.25) is 0 Å². The Balaban J connectivity index is 1.68. The molecule has 0 bridgehead atoms. The highest BCUT2D eigenvalue weighted by molar-refractivity contribution is 7.91. The maximum Gasteiger partial charge on any atom is 0.412 e. The summed E-state index contributed by atoms with van der Waals surface area (Å²) in [7, 11) is -20.2. The Kier molecular flexibility index (Phi) is 11.6. The molecule has 5 N–H and O–H groups in total. The topological polar surface area (TPSA) is 358 Å². The number of H-pyrrole nitrogens is 1. The lowest BCUT2D eigenvalue weighted by atomic mass is 10.1. The number of rotatable bonds is 13. The van der Waals surface area contributed by atoms with Gasteiger partial charge in [-0.15, -0.1) is 11.3 Å². The molecule has 0 radical (unpaired) electrons. The molecule has 1 fully saturated rings. The number of ether oxygens (including phenoxy) is 4. The van der Waals surface area contributed by atoms with Crippen molar-refractivity contribution in [2.75, 3.05) is 38.1 Å². The largest absolute Gasteiger partial charge is 0.756 e. The molecule has 1 saturated heterocycles. The van der Waals surface area contributed by atoms with Crippen LogP contribution in [0.4, 0.5) is 16.4 Å². The summed E-state index contributed by atoms with van der Waals surface area (Å²) in [6.45, 7) is -1.15. The number of esters is 1. The van der Waals surface area contributed by atoms with Crippen LogP contribution < -0.4 is 25.7 Å². The molecule has 24 nitrogen and oxygen atoms in total. The normalized spacial score (nSPS) is 23.3. The van der Waals surface area contributed by atoms with E-state index in [0.717, 1.165) is 32.2 Å². The number of nitrogen functional groups attached to an aromatic ring is 1. The van der Waals surface area contributed by atoms with E-state index in [1.807, 2.05) is 0 Å². The third-order valence-electron chi connectivity index (χ3n) is 6.09. The molecular formula is C19H22N6O18P3S3-3. The van der Waals surface area contributed by atoms with Crippen LogP contribution >= 0.6 is 47.0 Å². The highest BCUT2D eigenvalue weighted by Crippen LogP contribution is 2.61. The van der Waals surface area contributed by atoms with Crippen LogP contribution in [-0.2, 0) is 55.6 Å². The third kappa shape index (κ3) is 9.35. The number of anilines is 2. The number of thiophene rings is 1. The number of fused-ring (bicyclic) bond motifs is 1. The Morgan fingerprint density at radius 1 is 1.20 bits per heavy atom. The number of carbonyl (C=O) groups is 2. The molecule has 49 heavy (non-hydrogen) atoms. The van der Waals surface area contributed by atoms with Gasteiger partial charge in [0.05, 0.1) is 25.7 Å². The molecule has 0 aromatic carbocycles. The summed E-state index contributed by atoms with van der Waals surface area (Å²) < 4.78 is 93.3. The van der Waals surface area contributed by atoms with Crippen LogP contribution in [0.3, 0.4) is 0 Å². The number of nitrogens with two attached hydrogens (primary N) is 1. The fourth-order valence-electron chi connectivity index (χ4n) is 4.31. The van der Waals surface area contributed by atoms with Crippen molar-refractivity contribution in [2.45, 2.75) is 29.4 Å². The van der Waals surface area contributed by atoms with E-state index < -0.39 is 87.1 Å². The number of phosphoric acid groups is 3. The second kappa shape index (κ2) is 14.5. The molecular weight excluding hydrogens is 789 g/mol. The Hall–Kier alpha value is -2.71. The van der Waals surface area contributed by atoms with E-state index in [2.05, 4.69) is 38.2 Å². The van der Waals surface area contributed by atoms with Crippen molar-refractivity contribution in [3.63, 3.8) is 0 Å². The smallest absolute Gasteiger partial charge is 0.412 e. The molecule has 0 saturated carbocycles. The highest BCUT2D eigenvalue weighted by Gasteiger charge is 2.50. The highest BCUT2D eigenvalue weighted by atomic mass is 32.2. The second-order valence-corrected chi connectivity index (χ2v) is 17.0. The molecule has 0 aliphatic carbocycles. The minimum atomic E-state index is -6.24. The summed E-state index contributed by atoms with van der Waals surface area (Å²) in [5, 5.41) is 3.25. The first-order valence-electron chi connectivity index (χ1n) is 12.6. The fraction of sp³-hybridized carbons (Fsp3) is 0.421. The van der Waals surface area contributed by atoms with Gasteiger partial charge in [-0.25, -0.2) is 36.6 Å². The van der Waals surface area contributed by atoms with Crippen molar-refractivity contribution in [2.24, 2.45) is 0 Å². The standard InChI is InChI=1S/C19H25N6O18P3S3/c1-37-11-7(4-39-45(31,32)43-46(33,34)42-44(28,29)30)40-16(25-6-21-10-14(25)23-18(20)24-15(10)47)12(11)41-19(27)22-9-8(49(3,35)36)5-48-13(9)17(26)38-2/h5-7,11-12,16H,4H2,1-3H3,(H,22,27)(H,31,32)(H,33,34)(H2,28,29,30)(H3,20,23,24,47)/p-3. The molecule has 272 valence electrons. The average Bonchev–Trinajstić information content (AvgIpc) is 3.64. The van der Waals surface area contributed by atoms with E-state index in [-0.39, 0.29) is 26.6 Å². The predicted molar refractivity (Wildman–Crippen MR) is 158 cm³/mol. The van der Waals surface area contributed by atoms with Crippen LogP contribution in [0.5, 0.6) is 0 Å². The zero-order valence-electron chi connectivity index (χ0n) is 24.5. The van der Waals surface area contributed by atoms with Crippen molar-refractivity contribution < 1.29 is 83.4 Å². The number of aromatic amines is 1. The monoisotopic (exact) mass is 811 g/mol. The van der Waals surface area contributed by atoms with E-state index in [9.17, 15) is 46.4 Å². The van der Waals surface area contributed by atoms with Gasteiger partial charge in [-0.1, -0.05) is 12.2 Å². The van der Waals surface area contributed by atoms with Crippen molar-refractivity contribution >= 4 is 91.7 Å². The van der Waals surface area contributed by atoms with Gasteiger partial charge in [0.15, 0.2) is 32.8 Å².